The third-order valence-corrected chi connectivity index (χ3v) is 7.32. The Bertz CT molecular complexity index is 1790. The quantitative estimate of drug-likeness (QED) is 0.245. The Morgan fingerprint density at radius 2 is 1.83 bits per heavy atom. The number of piperazine rings is 1. The maximum atomic E-state index is 13.1. The number of amides is 2. The van der Waals surface area contributed by atoms with Gasteiger partial charge in [-0.3, -0.25) is 4.98 Å². The van der Waals surface area contributed by atoms with E-state index in [1.54, 1.807) is 18.2 Å². The average Bonchev–Trinajstić information content (AvgIpc) is 3.51. The van der Waals surface area contributed by atoms with Crippen LogP contribution in [0.25, 0.3) is 21.8 Å². The lowest BCUT2D eigenvalue weighted by molar-refractivity contribution is 0.208. The van der Waals surface area contributed by atoms with E-state index in [0.717, 1.165) is 27.7 Å². The zero-order chi connectivity index (χ0) is 29.1. The van der Waals surface area contributed by atoms with Gasteiger partial charge in [0.1, 0.15) is 17.6 Å². The number of ether oxygens (including phenoxy) is 3. The van der Waals surface area contributed by atoms with Gasteiger partial charge >= 0.3 is 6.03 Å². The van der Waals surface area contributed by atoms with E-state index < -0.39 is 0 Å². The molecule has 3 heterocycles. The highest BCUT2D eigenvalue weighted by atomic mass is 16.5. The molecule has 0 atom stereocenters. The Morgan fingerprint density at radius 3 is 2.57 bits per heavy atom. The van der Waals surface area contributed by atoms with Gasteiger partial charge in [0.25, 0.3) is 0 Å². The summed E-state index contributed by atoms with van der Waals surface area (Å²) in [6.07, 6.45) is 3.47. The second-order valence-electron chi connectivity index (χ2n) is 9.81. The van der Waals surface area contributed by atoms with Crippen LogP contribution in [0.4, 0.5) is 16.2 Å². The number of nitriles is 1. The Balaban J connectivity index is 1.12. The molecular formula is C32H30N6O4. The highest BCUT2D eigenvalue weighted by Gasteiger charge is 2.25. The largest absolute Gasteiger partial charge is 0.493 e. The van der Waals surface area contributed by atoms with Gasteiger partial charge in [-0.25, -0.2) is 4.79 Å². The zero-order valence-electron chi connectivity index (χ0n) is 23.4. The lowest BCUT2D eigenvalue weighted by atomic mass is 10.1. The molecule has 0 spiro atoms. The van der Waals surface area contributed by atoms with Crippen LogP contribution in [0.2, 0.25) is 0 Å². The van der Waals surface area contributed by atoms with Crippen molar-refractivity contribution in [3.63, 3.8) is 0 Å². The molecule has 2 amide bonds. The van der Waals surface area contributed by atoms with Gasteiger partial charge in [-0.1, -0.05) is 6.07 Å². The van der Waals surface area contributed by atoms with E-state index in [-0.39, 0.29) is 6.03 Å². The highest BCUT2D eigenvalue weighted by Crippen LogP contribution is 2.38. The van der Waals surface area contributed by atoms with Crippen molar-refractivity contribution in [2.24, 2.45) is 0 Å². The van der Waals surface area contributed by atoms with Crippen LogP contribution in [-0.4, -0.2) is 60.8 Å². The van der Waals surface area contributed by atoms with Crippen LogP contribution in [0, 0.1) is 11.3 Å². The molecule has 10 heteroatoms. The van der Waals surface area contributed by atoms with E-state index in [1.807, 2.05) is 73.8 Å². The number of pyridine rings is 1. The number of carbonyl (C=O) groups is 1. The summed E-state index contributed by atoms with van der Waals surface area (Å²) in [5.41, 5.74) is 3.66. The molecule has 10 nitrogen and oxygen atoms in total. The van der Waals surface area contributed by atoms with Crippen LogP contribution >= 0.6 is 0 Å². The van der Waals surface area contributed by atoms with Crippen LogP contribution < -0.4 is 24.4 Å². The fourth-order valence-electron chi connectivity index (χ4n) is 5.25. The fraction of sp³-hybridized carbons (Fsp3) is 0.219. The number of H-pyrrole nitrogens is 1. The number of nitrogens with one attached hydrogen (secondary N) is 2. The minimum atomic E-state index is -0.177. The lowest BCUT2D eigenvalue weighted by Crippen LogP contribution is -2.50. The van der Waals surface area contributed by atoms with Crippen molar-refractivity contribution >= 4 is 39.2 Å². The monoisotopic (exact) mass is 562 g/mol. The number of aromatic amines is 1. The summed E-state index contributed by atoms with van der Waals surface area (Å²) in [6, 6.07) is 21.0. The number of hydrogen-bond acceptors (Lipinski definition) is 7. The summed E-state index contributed by atoms with van der Waals surface area (Å²) < 4.78 is 17.3. The molecule has 3 aromatic carbocycles. The topological polar surface area (TPSA) is 116 Å². The number of aromatic nitrogens is 2. The molecule has 212 valence electrons. The van der Waals surface area contributed by atoms with E-state index in [1.165, 1.54) is 0 Å². The number of benzene rings is 3. The molecule has 0 aliphatic carbocycles. The first-order valence-corrected chi connectivity index (χ1v) is 13.8. The van der Waals surface area contributed by atoms with Crippen molar-refractivity contribution in [2.75, 3.05) is 50.1 Å². The van der Waals surface area contributed by atoms with Crippen LogP contribution in [-0.2, 0) is 0 Å². The molecule has 42 heavy (non-hydrogen) atoms. The zero-order valence-corrected chi connectivity index (χ0v) is 23.4. The second-order valence-corrected chi connectivity index (χ2v) is 9.81. The summed E-state index contributed by atoms with van der Waals surface area (Å²) in [6.45, 7) is 4.53. The molecule has 2 N–H and O–H groups in total. The van der Waals surface area contributed by atoms with Gasteiger partial charge in [-0.2, -0.15) is 5.26 Å². The molecule has 1 fully saturated rings. The maximum absolute atomic E-state index is 13.1. The van der Waals surface area contributed by atoms with Crippen LogP contribution in [0.1, 0.15) is 12.5 Å². The number of methoxy groups -OCH3 is 1. The van der Waals surface area contributed by atoms with E-state index >= 15 is 0 Å². The van der Waals surface area contributed by atoms with Crippen LogP contribution in [0.5, 0.6) is 23.0 Å². The SMILES string of the molecule is CCOc1cc2ncc(C#N)c(N3CCN(C(=O)Nc4ccc(Oc5cccc6[nH]ccc56)cc4)CC3)c2cc1OC. The number of fused-ring (bicyclic) bond motifs is 2. The predicted molar refractivity (Wildman–Crippen MR) is 162 cm³/mol. The molecule has 1 aliphatic rings. The van der Waals surface area contributed by atoms with E-state index in [2.05, 4.69) is 26.3 Å². The Kier molecular flexibility index (Phi) is 7.39. The first-order chi connectivity index (χ1) is 20.6. The molecule has 1 aliphatic heterocycles. The summed E-state index contributed by atoms with van der Waals surface area (Å²) in [5.74, 6) is 2.63. The molecule has 5 aromatic rings. The number of urea groups is 1. The number of anilines is 2. The predicted octanol–water partition coefficient (Wildman–Crippen LogP) is 6.14. The summed E-state index contributed by atoms with van der Waals surface area (Å²) in [7, 11) is 1.59. The van der Waals surface area contributed by atoms with Crippen molar-refractivity contribution < 1.29 is 19.0 Å². The smallest absolute Gasteiger partial charge is 0.321 e. The molecule has 1 saturated heterocycles. The van der Waals surface area contributed by atoms with Crippen molar-refractivity contribution in [1.82, 2.24) is 14.9 Å². The van der Waals surface area contributed by atoms with Gasteiger partial charge in [0.05, 0.1) is 30.5 Å². The fourth-order valence-corrected chi connectivity index (χ4v) is 5.25. The third kappa shape index (κ3) is 5.20. The van der Waals surface area contributed by atoms with Crippen molar-refractivity contribution in [1.29, 1.82) is 5.26 Å². The number of nitrogens with zero attached hydrogens (tertiary/aromatic N) is 4. The second kappa shape index (κ2) is 11.6. The summed E-state index contributed by atoms with van der Waals surface area (Å²) in [5, 5.41) is 14.7. The van der Waals surface area contributed by atoms with Gasteiger partial charge in [0.15, 0.2) is 11.5 Å². The first-order valence-electron chi connectivity index (χ1n) is 13.8. The van der Waals surface area contributed by atoms with Crippen molar-refractivity contribution in [3.8, 4) is 29.1 Å². The van der Waals surface area contributed by atoms with Gasteiger partial charge in [-0.15, -0.1) is 0 Å². The molecule has 0 bridgehead atoms. The van der Waals surface area contributed by atoms with Gasteiger partial charge < -0.3 is 34.3 Å². The molecule has 6 rings (SSSR count). The molecule has 0 unspecified atom stereocenters. The van der Waals surface area contributed by atoms with E-state index in [4.69, 9.17) is 14.2 Å². The highest BCUT2D eigenvalue weighted by molar-refractivity contribution is 5.97. The number of carbonyl (C=O) groups excluding carboxylic acids is 1. The van der Waals surface area contributed by atoms with Crippen molar-refractivity contribution in [2.45, 2.75) is 6.92 Å². The Morgan fingerprint density at radius 1 is 1.02 bits per heavy atom. The number of rotatable bonds is 7. The van der Waals surface area contributed by atoms with Gasteiger partial charge in [0.2, 0.25) is 0 Å². The molecule has 2 aromatic heterocycles. The number of hydrogen-bond donors (Lipinski definition) is 2. The van der Waals surface area contributed by atoms with Crippen molar-refractivity contribution in [3.05, 3.63) is 78.6 Å². The Labute approximate surface area is 243 Å². The summed E-state index contributed by atoms with van der Waals surface area (Å²) in [4.78, 5) is 24.7. The molecule has 0 radical (unpaired) electrons. The third-order valence-electron chi connectivity index (χ3n) is 7.32. The summed E-state index contributed by atoms with van der Waals surface area (Å²) >= 11 is 0. The van der Waals surface area contributed by atoms with Gasteiger partial charge in [-0.05, 0) is 55.5 Å². The maximum Gasteiger partial charge on any atom is 0.321 e. The average molecular weight is 563 g/mol. The van der Waals surface area contributed by atoms with Crippen LogP contribution in [0.3, 0.4) is 0 Å². The van der Waals surface area contributed by atoms with Crippen LogP contribution in [0.15, 0.2) is 73.1 Å². The van der Waals surface area contributed by atoms with E-state index in [9.17, 15) is 10.1 Å². The van der Waals surface area contributed by atoms with E-state index in [0.29, 0.717) is 66.8 Å². The lowest BCUT2D eigenvalue weighted by Gasteiger charge is -2.36. The molecular weight excluding hydrogens is 532 g/mol. The first kappa shape index (κ1) is 26.8. The normalized spacial score (nSPS) is 13.2. The van der Waals surface area contributed by atoms with Gasteiger partial charge in [0, 0.05) is 66.6 Å². The minimum Gasteiger partial charge on any atom is -0.493 e. The standard InChI is InChI=1S/C32H30N6O4/c1-3-41-30-18-27-25(17-29(30)40-2)31(21(19-33)20-35-27)37-13-15-38(16-14-37)32(39)36-22-7-9-23(10-8-22)42-28-6-4-5-26-24(28)11-12-34-26/h4-12,17-18,20,34H,3,13-16H2,1-2H3,(H,36,39). The molecule has 0 saturated carbocycles. The Hall–Kier alpha value is -5.43. The minimum absolute atomic E-state index is 0.177.